The Kier molecular flexibility index (Phi) is 2.90. The fraction of sp³-hybridized carbons (Fsp3) is 0.200. The number of ether oxygens (including phenoxy) is 1. The molecule has 0 unspecified atom stereocenters. The molecule has 0 aliphatic carbocycles. The summed E-state index contributed by atoms with van der Waals surface area (Å²) in [5.41, 5.74) is 4.77. The molecule has 1 heterocycles. The first-order valence-corrected chi connectivity index (χ1v) is 4.83. The zero-order valence-electron chi connectivity index (χ0n) is 8.91. The van der Waals surface area contributed by atoms with E-state index in [1.165, 1.54) is 0 Å². The molecule has 0 atom stereocenters. The van der Waals surface area contributed by atoms with Crippen molar-refractivity contribution < 1.29 is 17.9 Å². The van der Waals surface area contributed by atoms with Crippen LogP contribution < -0.4 is 10.5 Å². The molecule has 1 aromatic heterocycles. The van der Waals surface area contributed by atoms with Crippen LogP contribution in [0, 0.1) is 11.6 Å². The number of aromatic nitrogens is 2. The predicted octanol–water partition coefficient (Wildman–Crippen LogP) is 2.00. The second kappa shape index (κ2) is 4.36. The van der Waals surface area contributed by atoms with E-state index in [9.17, 15) is 8.78 Å². The third kappa shape index (κ3) is 2.17. The van der Waals surface area contributed by atoms with Gasteiger partial charge in [-0.3, -0.25) is 0 Å². The molecule has 0 aliphatic heterocycles. The van der Waals surface area contributed by atoms with Crippen LogP contribution in [0.1, 0.15) is 6.92 Å². The minimum Gasteiger partial charge on any atom is -0.449 e. The summed E-state index contributed by atoms with van der Waals surface area (Å²) in [5.74, 6) is -1.68. The third-order valence-corrected chi connectivity index (χ3v) is 1.97. The largest absolute Gasteiger partial charge is 0.449 e. The number of hydrogen-bond donors (Lipinski definition) is 1. The van der Waals surface area contributed by atoms with Crippen LogP contribution in [-0.4, -0.2) is 16.8 Å². The molecule has 5 nitrogen and oxygen atoms in total. The lowest BCUT2D eigenvalue weighted by molar-refractivity contribution is 0.246. The van der Waals surface area contributed by atoms with Crippen molar-refractivity contribution in [1.29, 1.82) is 0 Å². The van der Waals surface area contributed by atoms with Crippen LogP contribution in [0.2, 0.25) is 0 Å². The monoisotopic (exact) mass is 241 g/mol. The molecule has 90 valence electrons. The van der Waals surface area contributed by atoms with E-state index >= 15 is 0 Å². The molecule has 0 saturated carbocycles. The zero-order chi connectivity index (χ0) is 12.4. The third-order valence-electron chi connectivity index (χ3n) is 1.97. The van der Waals surface area contributed by atoms with Crippen LogP contribution in [0.3, 0.4) is 0 Å². The summed E-state index contributed by atoms with van der Waals surface area (Å²) < 4.78 is 36.6. The van der Waals surface area contributed by atoms with E-state index in [1.807, 2.05) is 0 Å². The van der Waals surface area contributed by atoms with Crippen LogP contribution in [0.4, 0.5) is 14.5 Å². The van der Waals surface area contributed by atoms with Gasteiger partial charge in [-0.05, 0) is 19.1 Å². The highest BCUT2D eigenvalue weighted by Gasteiger charge is 2.17. The Morgan fingerprint density at radius 3 is 2.82 bits per heavy atom. The van der Waals surface area contributed by atoms with Crippen molar-refractivity contribution in [3.8, 4) is 17.5 Å². The highest BCUT2D eigenvalue weighted by molar-refractivity contribution is 5.61. The second-order valence-corrected chi connectivity index (χ2v) is 3.16. The summed E-state index contributed by atoms with van der Waals surface area (Å²) in [4.78, 5) is 0. The average Bonchev–Trinajstić information content (AvgIpc) is 2.72. The summed E-state index contributed by atoms with van der Waals surface area (Å²) in [6, 6.07) is 1.80. The molecule has 0 fully saturated rings. The molecule has 2 rings (SSSR count). The molecule has 0 bridgehead atoms. The van der Waals surface area contributed by atoms with E-state index in [4.69, 9.17) is 14.9 Å². The molecule has 7 heteroatoms. The lowest BCUT2D eigenvalue weighted by Crippen LogP contribution is -1.95. The number of rotatable bonds is 3. The van der Waals surface area contributed by atoms with E-state index in [0.29, 0.717) is 6.61 Å². The van der Waals surface area contributed by atoms with Gasteiger partial charge in [-0.1, -0.05) is 5.10 Å². The molecule has 1 aromatic carbocycles. The Hall–Kier alpha value is -2.18. The normalized spacial score (nSPS) is 10.5. The topological polar surface area (TPSA) is 74.2 Å². The SMILES string of the molecule is CCOc1nnc(-c2cc(F)cc(N)c2F)o1. The van der Waals surface area contributed by atoms with Gasteiger partial charge >= 0.3 is 6.08 Å². The standard InChI is InChI=1S/C10H9F2N3O2/c1-2-16-10-15-14-9(17-10)6-3-5(11)4-7(13)8(6)12/h3-4H,2,13H2,1H3. The van der Waals surface area contributed by atoms with Gasteiger partial charge in [-0.2, -0.15) is 0 Å². The first-order valence-electron chi connectivity index (χ1n) is 4.83. The van der Waals surface area contributed by atoms with Crippen LogP contribution in [-0.2, 0) is 0 Å². The van der Waals surface area contributed by atoms with Gasteiger partial charge in [0.1, 0.15) is 5.82 Å². The molecule has 0 radical (unpaired) electrons. The molecular weight excluding hydrogens is 232 g/mol. The Labute approximate surface area is 95.2 Å². The predicted molar refractivity (Wildman–Crippen MR) is 55.2 cm³/mol. The summed E-state index contributed by atoms with van der Waals surface area (Å²) >= 11 is 0. The molecule has 0 amide bonds. The van der Waals surface area contributed by atoms with Crippen LogP contribution in [0.5, 0.6) is 6.08 Å². The fourth-order valence-corrected chi connectivity index (χ4v) is 1.27. The second-order valence-electron chi connectivity index (χ2n) is 3.16. The smallest absolute Gasteiger partial charge is 0.414 e. The molecule has 17 heavy (non-hydrogen) atoms. The van der Waals surface area contributed by atoms with Gasteiger partial charge in [0.05, 0.1) is 17.9 Å². The lowest BCUT2D eigenvalue weighted by atomic mass is 10.2. The van der Waals surface area contributed by atoms with Gasteiger partial charge in [-0.15, -0.1) is 5.10 Å². The number of hydrogen-bond acceptors (Lipinski definition) is 5. The number of anilines is 1. The van der Waals surface area contributed by atoms with E-state index < -0.39 is 11.6 Å². The van der Waals surface area contributed by atoms with Gasteiger partial charge in [-0.25, -0.2) is 8.78 Å². The maximum Gasteiger partial charge on any atom is 0.414 e. The Morgan fingerprint density at radius 2 is 2.12 bits per heavy atom. The van der Waals surface area contributed by atoms with Crippen molar-refractivity contribution in [3.63, 3.8) is 0 Å². The summed E-state index contributed by atoms with van der Waals surface area (Å²) in [5, 5.41) is 7.06. The molecule has 0 saturated heterocycles. The van der Waals surface area contributed by atoms with Crippen molar-refractivity contribution >= 4 is 5.69 Å². The van der Waals surface area contributed by atoms with Crippen molar-refractivity contribution in [1.82, 2.24) is 10.2 Å². The molecule has 0 spiro atoms. The fourth-order valence-electron chi connectivity index (χ4n) is 1.27. The number of halogens is 2. The summed E-state index contributed by atoms with van der Waals surface area (Å²) in [7, 11) is 0. The van der Waals surface area contributed by atoms with Crippen LogP contribution >= 0.6 is 0 Å². The van der Waals surface area contributed by atoms with Crippen molar-refractivity contribution in [2.75, 3.05) is 12.3 Å². The van der Waals surface area contributed by atoms with Crippen LogP contribution in [0.25, 0.3) is 11.5 Å². The number of nitrogens with zero attached hydrogens (tertiary/aromatic N) is 2. The maximum atomic E-state index is 13.6. The number of benzene rings is 1. The lowest BCUT2D eigenvalue weighted by Gasteiger charge is -2.01. The van der Waals surface area contributed by atoms with Gasteiger partial charge in [0.25, 0.3) is 5.89 Å². The van der Waals surface area contributed by atoms with Gasteiger partial charge in [0.2, 0.25) is 0 Å². The van der Waals surface area contributed by atoms with Crippen molar-refractivity contribution in [3.05, 3.63) is 23.8 Å². The van der Waals surface area contributed by atoms with E-state index in [0.717, 1.165) is 12.1 Å². The molecule has 0 aliphatic rings. The molecule has 2 N–H and O–H groups in total. The minimum absolute atomic E-state index is 0.107. The van der Waals surface area contributed by atoms with Crippen molar-refractivity contribution in [2.45, 2.75) is 6.92 Å². The Bertz CT molecular complexity index is 542. The highest BCUT2D eigenvalue weighted by atomic mass is 19.1. The summed E-state index contributed by atoms with van der Waals surface area (Å²) in [6.07, 6.45) is -0.107. The van der Waals surface area contributed by atoms with Gasteiger partial charge in [0.15, 0.2) is 5.82 Å². The summed E-state index contributed by atoms with van der Waals surface area (Å²) in [6.45, 7) is 2.06. The van der Waals surface area contributed by atoms with Gasteiger partial charge in [0, 0.05) is 0 Å². The van der Waals surface area contributed by atoms with E-state index in [2.05, 4.69) is 10.2 Å². The van der Waals surface area contributed by atoms with Gasteiger partial charge < -0.3 is 14.9 Å². The molecular formula is C10H9F2N3O2. The number of nitrogen functional groups attached to an aromatic ring is 1. The Balaban J connectivity index is 2.44. The maximum absolute atomic E-state index is 13.6. The quantitative estimate of drug-likeness (QED) is 0.832. The van der Waals surface area contributed by atoms with Crippen molar-refractivity contribution in [2.24, 2.45) is 0 Å². The first-order chi connectivity index (χ1) is 8.11. The first kappa shape index (κ1) is 11.3. The van der Waals surface area contributed by atoms with E-state index in [1.54, 1.807) is 6.92 Å². The minimum atomic E-state index is -0.807. The highest BCUT2D eigenvalue weighted by Crippen LogP contribution is 2.28. The van der Waals surface area contributed by atoms with E-state index in [-0.39, 0.29) is 23.2 Å². The Morgan fingerprint density at radius 1 is 1.35 bits per heavy atom. The zero-order valence-corrected chi connectivity index (χ0v) is 8.91. The number of nitrogens with two attached hydrogens (primary N) is 1. The average molecular weight is 241 g/mol. The van der Waals surface area contributed by atoms with Crippen LogP contribution in [0.15, 0.2) is 16.5 Å². The molecule has 2 aromatic rings.